The van der Waals surface area contributed by atoms with Gasteiger partial charge in [0.2, 0.25) is 0 Å². The van der Waals surface area contributed by atoms with Gasteiger partial charge < -0.3 is 24.8 Å². The number of fused-ring (bicyclic) bond motifs is 2. The summed E-state index contributed by atoms with van der Waals surface area (Å²) in [5, 5.41) is 0. The summed E-state index contributed by atoms with van der Waals surface area (Å²) in [4.78, 5) is 0. The molecule has 0 saturated heterocycles. The second kappa shape index (κ2) is 12.2. The summed E-state index contributed by atoms with van der Waals surface area (Å²) in [7, 11) is 0. The average molecular weight is 770 g/mol. The Labute approximate surface area is 271 Å². The van der Waals surface area contributed by atoms with Crippen LogP contribution in [0.3, 0.4) is 0 Å². The Morgan fingerprint density at radius 1 is 0.524 bits per heavy atom. The third-order valence-electron chi connectivity index (χ3n) is 9.66. The van der Waals surface area contributed by atoms with E-state index in [1.165, 1.54) is 47.9 Å². The molecule has 4 aliphatic carbocycles. The van der Waals surface area contributed by atoms with Crippen LogP contribution in [0.25, 0.3) is 34.4 Å². The maximum Gasteiger partial charge on any atom is -1.00 e. The normalized spacial score (nSPS) is 19.7. The predicted molar refractivity (Wildman–Crippen MR) is 168 cm³/mol. The van der Waals surface area contributed by atoms with Gasteiger partial charge in [-0.25, -0.2) is 0 Å². The van der Waals surface area contributed by atoms with Gasteiger partial charge in [0.1, 0.15) is 0 Å². The summed E-state index contributed by atoms with van der Waals surface area (Å²) in [6.07, 6.45) is 11.0. The first-order valence-corrected chi connectivity index (χ1v) is 27.2. The summed E-state index contributed by atoms with van der Waals surface area (Å²) < 4.78 is 1.50. The molecule has 0 nitrogen and oxygen atoms in total. The van der Waals surface area contributed by atoms with Crippen molar-refractivity contribution in [3.8, 4) is 22.3 Å². The van der Waals surface area contributed by atoms with E-state index in [1.807, 2.05) is 11.1 Å². The maximum absolute atomic E-state index is 2.70. The molecule has 2 fully saturated rings. The Kier molecular flexibility index (Phi) is 8.73. The Morgan fingerprint density at radius 3 is 1.29 bits per heavy atom. The average Bonchev–Trinajstić information content (AvgIpc) is 3.93. The zero-order chi connectivity index (χ0) is 26.8. The zero-order valence-corrected chi connectivity index (χ0v) is 30.4. The monoisotopic (exact) mass is 770 g/mol. The van der Waals surface area contributed by atoms with E-state index in [0.29, 0.717) is 0 Å². The minimum Gasteiger partial charge on any atom is -1.00 e. The molecule has 210 valence electrons. The van der Waals surface area contributed by atoms with Gasteiger partial charge in [-0.2, -0.15) is 0 Å². The van der Waals surface area contributed by atoms with Crippen molar-refractivity contribution < 1.29 is 44.9 Å². The number of hydrogen-bond donors (Lipinski definition) is 0. The molecule has 2 atom stereocenters. The van der Waals surface area contributed by atoms with Crippen LogP contribution in [-0.4, -0.2) is 5.49 Å². The van der Waals surface area contributed by atoms with Gasteiger partial charge in [0.15, 0.2) is 0 Å². The molecule has 2 saturated carbocycles. The second-order valence-corrected chi connectivity index (χ2v) is 37.4. The third-order valence-corrected chi connectivity index (χ3v) is 37.1. The van der Waals surface area contributed by atoms with E-state index in [0.717, 1.165) is 19.2 Å². The number of halogens is 2. The molecular formula is C38H36Cl2HfSi. The van der Waals surface area contributed by atoms with Crippen molar-refractivity contribution in [2.24, 2.45) is 11.8 Å². The summed E-state index contributed by atoms with van der Waals surface area (Å²) in [6.45, 7) is 5.39. The molecule has 42 heavy (non-hydrogen) atoms. The molecule has 2 unspecified atom stereocenters. The molecule has 8 rings (SSSR count). The van der Waals surface area contributed by atoms with Crippen LogP contribution in [-0.2, 0) is 20.1 Å². The van der Waals surface area contributed by atoms with Crippen molar-refractivity contribution in [2.45, 2.75) is 46.1 Å². The van der Waals surface area contributed by atoms with Gasteiger partial charge in [0.05, 0.1) is 0 Å². The Bertz CT molecular complexity index is 1600. The van der Waals surface area contributed by atoms with Crippen molar-refractivity contribution >= 4 is 17.6 Å². The van der Waals surface area contributed by atoms with Gasteiger partial charge in [-0.15, -0.1) is 0 Å². The first-order valence-electron chi connectivity index (χ1n) is 15.2. The molecule has 0 aromatic heterocycles. The van der Waals surface area contributed by atoms with Crippen molar-refractivity contribution in [1.29, 1.82) is 0 Å². The van der Waals surface area contributed by atoms with Gasteiger partial charge in [0.25, 0.3) is 0 Å². The van der Waals surface area contributed by atoms with Crippen LogP contribution in [0.5, 0.6) is 0 Å². The smallest absolute Gasteiger partial charge is 1.00 e. The van der Waals surface area contributed by atoms with Crippen LogP contribution in [0.1, 0.15) is 55.3 Å². The molecule has 0 bridgehead atoms. The predicted octanol–water partition coefficient (Wildman–Crippen LogP) is 4.29. The summed E-state index contributed by atoms with van der Waals surface area (Å²) in [5.74, 6) is 1.65. The van der Waals surface area contributed by atoms with Crippen LogP contribution in [0.2, 0.25) is 13.1 Å². The molecule has 0 amide bonds. The molecule has 4 aromatic rings. The molecular weight excluding hydrogens is 734 g/mol. The standard InChI is InChI=1S/2C18H15.C2H6Si.2ClH.Hf/c2*1-2-5-14(6-3-1)17-8-4-7-15-11-16(12-18(15)17)13-9-10-13;1-3-2;;;/h2*1-8,11-13H,9-10H2;1-2H3;2*1H;/q;;;;;+2/p-2. The molecule has 4 aliphatic rings. The minimum absolute atomic E-state index is 0. The van der Waals surface area contributed by atoms with Gasteiger partial charge in [0, 0.05) is 0 Å². The Balaban J connectivity index is 0.00000158. The summed E-state index contributed by atoms with van der Waals surface area (Å²) >= 11 is -2.34. The molecule has 4 heteroatoms. The van der Waals surface area contributed by atoms with E-state index in [9.17, 15) is 0 Å². The Morgan fingerprint density at radius 2 is 0.929 bits per heavy atom. The number of rotatable bonds is 6. The van der Waals surface area contributed by atoms with Gasteiger partial charge in [-0.05, 0) is 0 Å². The second-order valence-electron chi connectivity index (χ2n) is 12.5. The van der Waals surface area contributed by atoms with Crippen molar-refractivity contribution in [3.05, 3.63) is 130 Å². The van der Waals surface area contributed by atoms with E-state index < -0.39 is 25.6 Å². The van der Waals surface area contributed by atoms with Gasteiger partial charge in [-0.1, -0.05) is 0 Å². The van der Waals surface area contributed by atoms with Crippen LogP contribution >= 0.6 is 0 Å². The van der Waals surface area contributed by atoms with E-state index in [1.54, 1.807) is 22.3 Å². The van der Waals surface area contributed by atoms with E-state index in [4.69, 9.17) is 0 Å². The Hall–Kier alpha value is -1.97. The largest absolute Gasteiger partial charge is 1.00 e. The fraction of sp³-hybridized carbons (Fsp3) is 0.263. The van der Waals surface area contributed by atoms with E-state index >= 15 is 0 Å². The summed E-state index contributed by atoms with van der Waals surface area (Å²) in [6, 6.07) is 36.8. The maximum atomic E-state index is 2.70. The zero-order valence-electron chi connectivity index (χ0n) is 24.3. The van der Waals surface area contributed by atoms with Gasteiger partial charge >= 0.3 is 248 Å². The summed E-state index contributed by atoms with van der Waals surface area (Å²) in [5.41, 5.74) is 15.4. The third kappa shape index (κ3) is 5.21. The molecule has 0 aliphatic heterocycles. The van der Waals surface area contributed by atoms with Crippen molar-refractivity contribution in [2.75, 3.05) is 0 Å². The SMILES string of the molecule is C[Si](C)=[Hf+2]([CH]1C(C2CC2)=Cc2c(-c3ccccc3)cccc21)[CH]1C(C2CC2)=Cc2c(-c3ccccc3)cccc21.[Cl-].[Cl-]. The first kappa shape index (κ1) is 30.1. The van der Waals surface area contributed by atoms with E-state index in [2.05, 4.69) is 122 Å². The van der Waals surface area contributed by atoms with Crippen LogP contribution in [0.15, 0.2) is 108 Å². The number of benzene rings is 4. The van der Waals surface area contributed by atoms with Crippen molar-refractivity contribution in [1.82, 2.24) is 0 Å². The molecule has 0 heterocycles. The molecule has 0 spiro atoms. The molecule has 0 radical (unpaired) electrons. The van der Waals surface area contributed by atoms with Gasteiger partial charge in [-0.3, -0.25) is 0 Å². The van der Waals surface area contributed by atoms with Crippen LogP contribution < -0.4 is 24.8 Å². The topological polar surface area (TPSA) is 0 Å². The van der Waals surface area contributed by atoms with E-state index in [-0.39, 0.29) is 24.8 Å². The number of hydrogen-bond acceptors (Lipinski definition) is 0. The van der Waals surface area contributed by atoms with Crippen LogP contribution in [0.4, 0.5) is 0 Å². The van der Waals surface area contributed by atoms with Crippen molar-refractivity contribution in [3.63, 3.8) is 0 Å². The fourth-order valence-corrected chi connectivity index (χ4v) is 36.7. The minimum atomic E-state index is -2.34. The fourth-order valence-electron chi connectivity index (χ4n) is 7.57. The first-order chi connectivity index (χ1) is 19.7. The molecule has 0 N–H and O–H groups in total. The number of allylic oxidation sites excluding steroid dienone is 2. The quantitative estimate of drug-likeness (QED) is 0.257. The molecule has 4 aromatic carbocycles. The van der Waals surface area contributed by atoms with Crippen LogP contribution in [0, 0.1) is 11.8 Å².